The molecule has 20 heavy (non-hydrogen) atoms. The van der Waals surface area contributed by atoms with Gasteiger partial charge in [0.15, 0.2) is 0 Å². The molecular weight excluding hydrogens is 264 g/mol. The number of nitrogens with zero attached hydrogens (tertiary/aromatic N) is 1. The van der Waals surface area contributed by atoms with Gasteiger partial charge in [-0.25, -0.2) is 4.98 Å². The number of benzene rings is 1. The standard InChI is InChI=1S/C17H22N2S/c1-3-15-19-16(12-6-4-5-7-12)17(20-15)13-8-9-14(18)11(2)10-13/h8-10,12H,3-7,18H2,1-2H3. The maximum atomic E-state index is 5.95. The second kappa shape index (κ2) is 5.57. The molecule has 1 aromatic carbocycles. The van der Waals surface area contributed by atoms with E-state index in [2.05, 4.69) is 26.0 Å². The summed E-state index contributed by atoms with van der Waals surface area (Å²) in [6, 6.07) is 6.38. The topological polar surface area (TPSA) is 38.9 Å². The first-order valence-electron chi connectivity index (χ1n) is 7.55. The fraction of sp³-hybridized carbons (Fsp3) is 0.471. The van der Waals surface area contributed by atoms with E-state index in [0.717, 1.165) is 17.7 Å². The minimum absolute atomic E-state index is 0.666. The van der Waals surface area contributed by atoms with E-state index in [1.54, 1.807) is 0 Å². The first kappa shape index (κ1) is 13.6. The monoisotopic (exact) mass is 286 g/mol. The lowest BCUT2D eigenvalue weighted by molar-refractivity contribution is 0.701. The fourth-order valence-corrected chi connectivity index (χ4v) is 4.11. The Morgan fingerprint density at radius 3 is 2.70 bits per heavy atom. The molecule has 1 heterocycles. The molecule has 0 radical (unpaired) electrons. The summed E-state index contributed by atoms with van der Waals surface area (Å²) >= 11 is 1.86. The minimum atomic E-state index is 0.666. The molecule has 1 aromatic heterocycles. The Labute approximate surface area is 125 Å². The Kier molecular flexibility index (Phi) is 3.79. The molecule has 1 saturated carbocycles. The molecule has 3 heteroatoms. The molecule has 0 aliphatic heterocycles. The third-order valence-electron chi connectivity index (χ3n) is 4.27. The SMILES string of the molecule is CCc1nc(C2CCCC2)c(-c2ccc(N)c(C)c2)s1. The minimum Gasteiger partial charge on any atom is -0.399 e. The molecular formula is C17H22N2S. The van der Waals surface area contributed by atoms with Crippen LogP contribution in [0.3, 0.4) is 0 Å². The highest BCUT2D eigenvalue weighted by Gasteiger charge is 2.24. The Hall–Kier alpha value is -1.35. The number of aryl methyl sites for hydroxylation is 2. The summed E-state index contributed by atoms with van der Waals surface area (Å²) < 4.78 is 0. The van der Waals surface area contributed by atoms with Crippen molar-refractivity contribution in [2.24, 2.45) is 0 Å². The Morgan fingerprint density at radius 1 is 1.30 bits per heavy atom. The lowest BCUT2D eigenvalue weighted by Gasteiger charge is -2.10. The van der Waals surface area contributed by atoms with E-state index in [0.29, 0.717) is 5.92 Å². The van der Waals surface area contributed by atoms with E-state index < -0.39 is 0 Å². The highest BCUT2D eigenvalue weighted by atomic mass is 32.1. The number of nitrogen functional groups attached to an aromatic ring is 1. The van der Waals surface area contributed by atoms with E-state index in [4.69, 9.17) is 10.7 Å². The van der Waals surface area contributed by atoms with Crippen LogP contribution in [0.2, 0.25) is 0 Å². The molecule has 2 N–H and O–H groups in total. The molecule has 0 unspecified atom stereocenters. The van der Waals surface area contributed by atoms with Crippen LogP contribution in [0.15, 0.2) is 18.2 Å². The molecule has 1 fully saturated rings. The first-order chi connectivity index (χ1) is 9.69. The highest BCUT2D eigenvalue weighted by Crippen LogP contribution is 2.42. The van der Waals surface area contributed by atoms with Crippen LogP contribution in [0.25, 0.3) is 10.4 Å². The van der Waals surface area contributed by atoms with Gasteiger partial charge in [-0.15, -0.1) is 11.3 Å². The molecule has 0 bridgehead atoms. The maximum absolute atomic E-state index is 5.95. The second-order valence-corrected chi connectivity index (χ2v) is 6.81. The summed E-state index contributed by atoms with van der Waals surface area (Å²) in [6.07, 6.45) is 6.33. The summed E-state index contributed by atoms with van der Waals surface area (Å²) in [7, 11) is 0. The van der Waals surface area contributed by atoms with Crippen LogP contribution in [-0.4, -0.2) is 4.98 Å². The van der Waals surface area contributed by atoms with Crippen molar-refractivity contribution in [1.29, 1.82) is 0 Å². The molecule has 2 nitrogen and oxygen atoms in total. The summed E-state index contributed by atoms with van der Waals surface area (Å²) in [5.74, 6) is 0.666. The van der Waals surface area contributed by atoms with Crippen molar-refractivity contribution in [3.8, 4) is 10.4 Å². The number of aromatic nitrogens is 1. The van der Waals surface area contributed by atoms with Crippen molar-refractivity contribution in [3.05, 3.63) is 34.5 Å². The molecule has 0 saturated heterocycles. The zero-order valence-electron chi connectivity index (χ0n) is 12.3. The molecule has 0 atom stereocenters. The van der Waals surface area contributed by atoms with Gasteiger partial charge in [-0.05, 0) is 49.4 Å². The Balaban J connectivity index is 2.06. The van der Waals surface area contributed by atoms with E-state index in [1.807, 2.05) is 17.4 Å². The second-order valence-electron chi connectivity index (χ2n) is 5.73. The van der Waals surface area contributed by atoms with Crippen molar-refractivity contribution < 1.29 is 0 Å². The first-order valence-corrected chi connectivity index (χ1v) is 8.36. The highest BCUT2D eigenvalue weighted by molar-refractivity contribution is 7.15. The van der Waals surface area contributed by atoms with Crippen molar-refractivity contribution >= 4 is 17.0 Å². The molecule has 1 aliphatic carbocycles. The van der Waals surface area contributed by atoms with Gasteiger partial charge in [0.2, 0.25) is 0 Å². The largest absolute Gasteiger partial charge is 0.399 e. The van der Waals surface area contributed by atoms with E-state index in [1.165, 1.54) is 46.8 Å². The third-order valence-corrected chi connectivity index (χ3v) is 5.54. The molecule has 0 spiro atoms. The van der Waals surface area contributed by atoms with Gasteiger partial charge in [0.1, 0.15) is 0 Å². The van der Waals surface area contributed by atoms with E-state index in [9.17, 15) is 0 Å². The predicted molar refractivity (Wildman–Crippen MR) is 87.3 cm³/mol. The van der Waals surface area contributed by atoms with E-state index in [-0.39, 0.29) is 0 Å². The molecule has 2 aromatic rings. The summed E-state index contributed by atoms with van der Waals surface area (Å²) in [6.45, 7) is 4.27. The maximum Gasteiger partial charge on any atom is 0.0932 e. The lowest BCUT2D eigenvalue weighted by atomic mass is 9.99. The van der Waals surface area contributed by atoms with Crippen LogP contribution in [0, 0.1) is 6.92 Å². The van der Waals surface area contributed by atoms with Gasteiger partial charge in [-0.2, -0.15) is 0 Å². The van der Waals surface area contributed by atoms with Crippen molar-refractivity contribution in [2.45, 2.75) is 51.9 Å². The van der Waals surface area contributed by atoms with Gasteiger partial charge in [-0.1, -0.05) is 25.8 Å². The molecule has 106 valence electrons. The number of thiazole rings is 1. The molecule has 1 aliphatic rings. The normalized spacial score (nSPS) is 15.9. The van der Waals surface area contributed by atoms with Crippen LogP contribution in [0.4, 0.5) is 5.69 Å². The van der Waals surface area contributed by atoms with Crippen LogP contribution >= 0.6 is 11.3 Å². The summed E-state index contributed by atoms with van der Waals surface area (Å²) in [5, 5.41) is 1.26. The summed E-state index contributed by atoms with van der Waals surface area (Å²) in [5.41, 5.74) is 10.6. The average molecular weight is 286 g/mol. The third kappa shape index (κ3) is 2.47. The predicted octanol–water partition coefficient (Wildman–Crippen LogP) is 4.92. The quantitative estimate of drug-likeness (QED) is 0.813. The Bertz CT molecular complexity index is 609. The van der Waals surface area contributed by atoms with Gasteiger partial charge >= 0.3 is 0 Å². The van der Waals surface area contributed by atoms with Gasteiger partial charge in [0.05, 0.1) is 15.6 Å². The van der Waals surface area contributed by atoms with E-state index >= 15 is 0 Å². The van der Waals surface area contributed by atoms with Crippen LogP contribution in [-0.2, 0) is 6.42 Å². The summed E-state index contributed by atoms with van der Waals surface area (Å²) in [4.78, 5) is 6.30. The molecule has 0 amide bonds. The van der Waals surface area contributed by atoms with Crippen molar-refractivity contribution in [3.63, 3.8) is 0 Å². The smallest absolute Gasteiger partial charge is 0.0932 e. The van der Waals surface area contributed by atoms with Crippen LogP contribution in [0.1, 0.15) is 54.8 Å². The number of anilines is 1. The van der Waals surface area contributed by atoms with Crippen LogP contribution < -0.4 is 5.73 Å². The van der Waals surface area contributed by atoms with Gasteiger partial charge in [0, 0.05) is 11.6 Å². The fourth-order valence-electron chi connectivity index (χ4n) is 3.03. The van der Waals surface area contributed by atoms with Crippen LogP contribution in [0.5, 0.6) is 0 Å². The zero-order valence-corrected chi connectivity index (χ0v) is 13.1. The number of nitrogens with two attached hydrogens (primary N) is 1. The lowest BCUT2D eigenvalue weighted by Crippen LogP contribution is -1.96. The van der Waals surface area contributed by atoms with Gasteiger partial charge in [0.25, 0.3) is 0 Å². The van der Waals surface area contributed by atoms with Crippen molar-refractivity contribution in [2.75, 3.05) is 5.73 Å². The number of rotatable bonds is 3. The average Bonchev–Trinajstić information content (AvgIpc) is 3.09. The Morgan fingerprint density at radius 2 is 2.05 bits per heavy atom. The van der Waals surface area contributed by atoms with Crippen molar-refractivity contribution in [1.82, 2.24) is 4.98 Å². The van der Waals surface area contributed by atoms with Gasteiger partial charge in [-0.3, -0.25) is 0 Å². The number of hydrogen-bond acceptors (Lipinski definition) is 3. The zero-order chi connectivity index (χ0) is 14.1. The molecule has 3 rings (SSSR count). The van der Waals surface area contributed by atoms with Gasteiger partial charge < -0.3 is 5.73 Å². The number of hydrogen-bond donors (Lipinski definition) is 1.